The second kappa shape index (κ2) is 8.67. The molecule has 0 radical (unpaired) electrons. The van der Waals surface area contributed by atoms with Gasteiger partial charge in [0.25, 0.3) is 5.91 Å². The number of hydrogen-bond donors (Lipinski definition) is 2. The molecule has 0 aliphatic carbocycles. The summed E-state index contributed by atoms with van der Waals surface area (Å²) in [4.78, 5) is 11.9. The predicted molar refractivity (Wildman–Crippen MR) is 86.5 cm³/mol. The highest BCUT2D eigenvalue weighted by molar-refractivity contribution is 5.80. The van der Waals surface area contributed by atoms with Crippen molar-refractivity contribution in [2.45, 2.75) is 59.1 Å². The summed E-state index contributed by atoms with van der Waals surface area (Å²) in [6, 6.07) is 6.13. The van der Waals surface area contributed by atoms with E-state index in [1.807, 2.05) is 32.0 Å². The highest BCUT2D eigenvalue weighted by Gasteiger charge is 2.18. The van der Waals surface area contributed by atoms with Crippen LogP contribution in [0.25, 0.3) is 0 Å². The number of ether oxygens (including phenoxy) is 1. The standard InChI is InChI=1S/C17H28N2O2/c1-5-10-19-17(20)13(4)21-16-12(3)8-7-9-14(16)11-15(18)6-2/h7-9,13,15H,5-6,10-11,18H2,1-4H3,(H,19,20). The maximum absolute atomic E-state index is 11.9. The number of amides is 1. The van der Waals surface area contributed by atoms with Crippen LogP contribution >= 0.6 is 0 Å². The van der Waals surface area contributed by atoms with Gasteiger partial charge in [-0.2, -0.15) is 0 Å². The molecule has 4 heteroatoms. The SMILES string of the molecule is CCCNC(=O)C(C)Oc1c(C)cccc1CC(N)CC. The molecule has 0 heterocycles. The third-order valence-corrected chi connectivity index (χ3v) is 3.51. The Hall–Kier alpha value is -1.55. The lowest BCUT2D eigenvalue weighted by atomic mass is 10.0. The largest absolute Gasteiger partial charge is 0.480 e. The second-order valence-electron chi connectivity index (χ2n) is 5.49. The average molecular weight is 292 g/mol. The lowest BCUT2D eigenvalue weighted by molar-refractivity contribution is -0.127. The Bertz CT molecular complexity index is 460. The van der Waals surface area contributed by atoms with E-state index in [2.05, 4.69) is 12.2 Å². The van der Waals surface area contributed by atoms with E-state index in [4.69, 9.17) is 10.5 Å². The molecule has 0 fully saturated rings. The van der Waals surface area contributed by atoms with Gasteiger partial charge in [0.15, 0.2) is 6.10 Å². The molecule has 0 spiro atoms. The summed E-state index contributed by atoms with van der Waals surface area (Å²) in [6.07, 6.45) is 2.09. The summed E-state index contributed by atoms with van der Waals surface area (Å²) in [7, 11) is 0. The third-order valence-electron chi connectivity index (χ3n) is 3.51. The molecule has 1 aromatic carbocycles. The molecular weight excluding hydrogens is 264 g/mol. The van der Waals surface area contributed by atoms with Gasteiger partial charge in [0.05, 0.1) is 0 Å². The van der Waals surface area contributed by atoms with Gasteiger partial charge in [0.1, 0.15) is 5.75 Å². The Balaban J connectivity index is 2.83. The molecule has 118 valence electrons. The van der Waals surface area contributed by atoms with Gasteiger partial charge in [-0.15, -0.1) is 0 Å². The van der Waals surface area contributed by atoms with Crippen LogP contribution in [0.4, 0.5) is 0 Å². The first kappa shape index (κ1) is 17.5. The lowest BCUT2D eigenvalue weighted by Crippen LogP contribution is -2.37. The number of para-hydroxylation sites is 1. The Labute approximate surface area is 128 Å². The fraction of sp³-hybridized carbons (Fsp3) is 0.588. The third kappa shape index (κ3) is 5.38. The van der Waals surface area contributed by atoms with Gasteiger partial charge in [-0.05, 0) is 44.2 Å². The van der Waals surface area contributed by atoms with E-state index < -0.39 is 6.10 Å². The van der Waals surface area contributed by atoms with Crippen molar-refractivity contribution in [2.75, 3.05) is 6.54 Å². The molecule has 0 bridgehead atoms. The summed E-state index contributed by atoms with van der Waals surface area (Å²) >= 11 is 0. The Morgan fingerprint density at radius 3 is 2.71 bits per heavy atom. The monoisotopic (exact) mass is 292 g/mol. The van der Waals surface area contributed by atoms with Crippen LogP contribution in [0.2, 0.25) is 0 Å². The Morgan fingerprint density at radius 1 is 1.38 bits per heavy atom. The number of nitrogens with two attached hydrogens (primary N) is 1. The molecule has 0 saturated heterocycles. The highest BCUT2D eigenvalue weighted by Crippen LogP contribution is 2.26. The molecule has 4 nitrogen and oxygen atoms in total. The minimum Gasteiger partial charge on any atom is -0.480 e. The van der Waals surface area contributed by atoms with Crippen molar-refractivity contribution in [1.82, 2.24) is 5.32 Å². The molecule has 21 heavy (non-hydrogen) atoms. The minimum absolute atomic E-state index is 0.0779. The molecule has 0 aliphatic heterocycles. The van der Waals surface area contributed by atoms with E-state index in [1.165, 1.54) is 0 Å². The van der Waals surface area contributed by atoms with E-state index in [9.17, 15) is 4.79 Å². The van der Waals surface area contributed by atoms with Crippen LogP contribution in [0.15, 0.2) is 18.2 Å². The van der Waals surface area contributed by atoms with Gasteiger partial charge >= 0.3 is 0 Å². The van der Waals surface area contributed by atoms with Crippen LogP contribution in [0.1, 0.15) is 44.7 Å². The molecular formula is C17H28N2O2. The molecule has 1 aromatic rings. The number of carbonyl (C=O) groups excluding carboxylic acids is 1. The minimum atomic E-state index is -0.505. The fourth-order valence-corrected chi connectivity index (χ4v) is 2.09. The number of hydrogen-bond acceptors (Lipinski definition) is 3. The smallest absolute Gasteiger partial charge is 0.260 e. The summed E-state index contributed by atoms with van der Waals surface area (Å²) in [5, 5.41) is 2.85. The molecule has 0 aromatic heterocycles. The predicted octanol–water partition coefficient (Wildman–Crippen LogP) is 2.57. The van der Waals surface area contributed by atoms with Crippen molar-refractivity contribution in [3.05, 3.63) is 29.3 Å². The summed E-state index contributed by atoms with van der Waals surface area (Å²) in [5.74, 6) is 0.714. The van der Waals surface area contributed by atoms with Crippen molar-refractivity contribution in [3.8, 4) is 5.75 Å². The quantitative estimate of drug-likeness (QED) is 0.774. The van der Waals surface area contributed by atoms with Crippen LogP contribution < -0.4 is 15.8 Å². The van der Waals surface area contributed by atoms with Gasteiger partial charge in [0.2, 0.25) is 0 Å². The van der Waals surface area contributed by atoms with Crippen LogP contribution in [0.3, 0.4) is 0 Å². The number of nitrogens with one attached hydrogen (secondary N) is 1. The fourth-order valence-electron chi connectivity index (χ4n) is 2.09. The molecule has 0 aliphatic rings. The van der Waals surface area contributed by atoms with Gasteiger partial charge in [-0.25, -0.2) is 0 Å². The second-order valence-corrected chi connectivity index (χ2v) is 5.49. The Kier molecular flexibility index (Phi) is 7.23. The zero-order chi connectivity index (χ0) is 15.8. The van der Waals surface area contributed by atoms with Crippen molar-refractivity contribution in [1.29, 1.82) is 0 Å². The van der Waals surface area contributed by atoms with Crippen LogP contribution in [-0.2, 0) is 11.2 Å². The number of rotatable bonds is 8. The van der Waals surface area contributed by atoms with E-state index in [-0.39, 0.29) is 11.9 Å². The first-order chi connectivity index (χ1) is 9.99. The van der Waals surface area contributed by atoms with E-state index >= 15 is 0 Å². The van der Waals surface area contributed by atoms with Gasteiger partial charge in [-0.1, -0.05) is 32.0 Å². The van der Waals surface area contributed by atoms with Gasteiger partial charge < -0.3 is 15.8 Å². The van der Waals surface area contributed by atoms with Crippen molar-refractivity contribution >= 4 is 5.91 Å². The van der Waals surface area contributed by atoms with Crippen LogP contribution in [0.5, 0.6) is 5.75 Å². The maximum Gasteiger partial charge on any atom is 0.260 e. The lowest BCUT2D eigenvalue weighted by Gasteiger charge is -2.20. The zero-order valence-corrected chi connectivity index (χ0v) is 13.6. The van der Waals surface area contributed by atoms with E-state index in [0.29, 0.717) is 6.54 Å². The summed E-state index contributed by atoms with van der Waals surface area (Å²) in [5.41, 5.74) is 8.15. The van der Waals surface area contributed by atoms with Crippen molar-refractivity contribution in [3.63, 3.8) is 0 Å². The first-order valence-corrected chi connectivity index (χ1v) is 7.78. The highest BCUT2D eigenvalue weighted by atomic mass is 16.5. The number of benzene rings is 1. The topological polar surface area (TPSA) is 64.3 Å². The van der Waals surface area contributed by atoms with E-state index in [0.717, 1.165) is 36.1 Å². The van der Waals surface area contributed by atoms with Crippen LogP contribution in [0, 0.1) is 6.92 Å². The van der Waals surface area contributed by atoms with Crippen molar-refractivity contribution < 1.29 is 9.53 Å². The zero-order valence-electron chi connectivity index (χ0n) is 13.6. The molecule has 1 amide bonds. The van der Waals surface area contributed by atoms with E-state index in [1.54, 1.807) is 6.92 Å². The maximum atomic E-state index is 11.9. The number of aryl methyl sites for hydroxylation is 1. The normalized spacial score (nSPS) is 13.6. The molecule has 3 N–H and O–H groups in total. The molecule has 1 rings (SSSR count). The van der Waals surface area contributed by atoms with Crippen LogP contribution in [-0.4, -0.2) is 24.6 Å². The summed E-state index contributed by atoms with van der Waals surface area (Å²) in [6.45, 7) is 8.54. The van der Waals surface area contributed by atoms with Gasteiger partial charge in [0, 0.05) is 12.6 Å². The average Bonchev–Trinajstić information content (AvgIpc) is 2.47. The summed E-state index contributed by atoms with van der Waals surface area (Å²) < 4.78 is 5.91. The van der Waals surface area contributed by atoms with Crippen molar-refractivity contribution in [2.24, 2.45) is 5.73 Å². The first-order valence-electron chi connectivity index (χ1n) is 7.78. The number of carbonyl (C=O) groups is 1. The molecule has 2 unspecified atom stereocenters. The molecule has 2 atom stereocenters. The molecule has 0 saturated carbocycles. The van der Waals surface area contributed by atoms with Gasteiger partial charge in [-0.3, -0.25) is 4.79 Å². The Morgan fingerprint density at radius 2 is 2.10 bits per heavy atom.